The highest BCUT2D eigenvalue weighted by atomic mass is 19.2. The topological polar surface area (TPSA) is 78.4 Å². The molecule has 2 N–H and O–H groups in total. The van der Waals surface area contributed by atoms with Gasteiger partial charge in [0.25, 0.3) is 5.69 Å². The summed E-state index contributed by atoms with van der Waals surface area (Å²) in [4.78, 5) is 14.2. The fourth-order valence-electron chi connectivity index (χ4n) is 1.34. The van der Waals surface area contributed by atoms with E-state index in [0.717, 1.165) is 6.07 Å². The van der Waals surface area contributed by atoms with Crippen molar-refractivity contribution >= 4 is 5.69 Å². The van der Waals surface area contributed by atoms with Crippen LogP contribution >= 0.6 is 0 Å². The number of nitro benzene ring substituents is 1. The standard InChI is InChI=1S/C9H10F2N2O3/c1-5(4-16-12)6-2-7(10)8(11)3-9(6)13(14)15/h2-3,5H,4,12H2,1H3. The second-order valence-corrected chi connectivity index (χ2v) is 3.32. The number of nitro groups is 1. The summed E-state index contributed by atoms with van der Waals surface area (Å²) < 4.78 is 25.8. The summed E-state index contributed by atoms with van der Waals surface area (Å²) in [5.41, 5.74) is -0.433. The first kappa shape index (κ1) is 12.5. The molecule has 0 spiro atoms. The van der Waals surface area contributed by atoms with Crippen LogP contribution in [0.3, 0.4) is 0 Å². The van der Waals surface area contributed by atoms with Crippen molar-refractivity contribution in [3.63, 3.8) is 0 Å². The van der Waals surface area contributed by atoms with E-state index in [1.807, 2.05) is 0 Å². The second kappa shape index (κ2) is 4.95. The van der Waals surface area contributed by atoms with Gasteiger partial charge in [-0.2, -0.15) is 0 Å². The number of hydrogen-bond donors (Lipinski definition) is 1. The van der Waals surface area contributed by atoms with Crippen molar-refractivity contribution in [2.75, 3.05) is 6.61 Å². The molecule has 7 heteroatoms. The molecule has 1 rings (SSSR count). The average Bonchev–Trinajstić information content (AvgIpc) is 2.21. The van der Waals surface area contributed by atoms with Gasteiger partial charge < -0.3 is 4.84 Å². The monoisotopic (exact) mass is 232 g/mol. The SMILES string of the molecule is CC(CON)c1cc(F)c(F)cc1[N+](=O)[O-]. The minimum Gasteiger partial charge on any atom is -0.304 e. The van der Waals surface area contributed by atoms with Gasteiger partial charge >= 0.3 is 0 Å². The van der Waals surface area contributed by atoms with Gasteiger partial charge in [0.15, 0.2) is 11.6 Å². The van der Waals surface area contributed by atoms with Crippen LogP contribution in [-0.2, 0) is 4.84 Å². The Balaban J connectivity index is 3.24. The Hall–Kier alpha value is -1.60. The smallest absolute Gasteiger partial charge is 0.276 e. The van der Waals surface area contributed by atoms with Crippen LogP contribution in [0.25, 0.3) is 0 Å². The quantitative estimate of drug-likeness (QED) is 0.634. The zero-order chi connectivity index (χ0) is 12.3. The highest BCUT2D eigenvalue weighted by Crippen LogP contribution is 2.28. The number of halogens is 2. The molecular weight excluding hydrogens is 222 g/mol. The minimum atomic E-state index is -1.25. The zero-order valence-electron chi connectivity index (χ0n) is 8.44. The van der Waals surface area contributed by atoms with E-state index in [0.29, 0.717) is 6.07 Å². The van der Waals surface area contributed by atoms with Crippen molar-refractivity contribution in [3.8, 4) is 0 Å². The van der Waals surface area contributed by atoms with Crippen molar-refractivity contribution < 1.29 is 18.5 Å². The molecule has 0 aliphatic heterocycles. The van der Waals surface area contributed by atoms with E-state index in [9.17, 15) is 18.9 Å². The van der Waals surface area contributed by atoms with Crippen LogP contribution < -0.4 is 5.90 Å². The van der Waals surface area contributed by atoms with Crippen LogP contribution in [0.4, 0.5) is 14.5 Å². The number of hydrogen-bond acceptors (Lipinski definition) is 4. The molecule has 0 radical (unpaired) electrons. The molecule has 88 valence electrons. The molecular formula is C9H10F2N2O3. The van der Waals surface area contributed by atoms with E-state index in [2.05, 4.69) is 4.84 Å². The predicted octanol–water partition coefficient (Wildman–Crippen LogP) is 1.87. The summed E-state index contributed by atoms with van der Waals surface area (Å²) in [5, 5.41) is 10.6. The molecule has 0 aliphatic rings. The van der Waals surface area contributed by atoms with E-state index >= 15 is 0 Å². The molecule has 16 heavy (non-hydrogen) atoms. The maximum atomic E-state index is 13.0. The summed E-state index contributed by atoms with van der Waals surface area (Å²) in [6.07, 6.45) is 0. The summed E-state index contributed by atoms with van der Waals surface area (Å²) in [7, 11) is 0. The average molecular weight is 232 g/mol. The lowest BCUT2D eigenvalue weighted by molar-refractivity contribution is -0.386. The van der Waals surface area contributed by atoms with Gasteiger partial charge in [-0.25, -0.2) is 14.7 Å². The van der Waals surface area contributed by atoms with E-state index in [4.69, 9.17) is 5.90 Å². The van der Waals surface area contributed by atoms with Crippen molar-refractivity contribution in [1.29, 1.82) is 0 Å². The van der Waals surface area contributed by atoms with Gasteiger partial charge in [-0.1, -0.05) is 6.92 Å². The summed E-state index contributed by atoms with van der Waals surface area (Å²) in [6.45, 7) is 1.54. The maximum Gasteiger partial charge on any atom is 0.276 e. The van der Waals surface area contributed by atoms with Gasteiger partial charge in [-0.15, -0.1) is 0 Å². The van der Waals surface area contributed by atoms with E-state index in [1.54, 1.807) is 6.92 Å². The maximum absolute atomic E-state index is 13.0. The van der Waals surface area contributed by atoms with Crippen LogP contribution in [0.5, 0.6) is 0 Å². The van der Waals surface area contributed by atoms with Crippen molar-refractivity contribution in [2.24, 2.45) is 5.90 Å². The number of rotatable bonds is 4. The molecule has 0 bridgehead atoms. The van der Waals surface area contributed by atoms with Crippen LogP contribution in [0.2, 0.25) is 0 Å². The molecule has 1 aromatic rings. The minimum absolute atomic E-state index is 0.0219. The largest absolute Gasteiger partial charge is 0.304 e. The molecule has 0 heterocycles. The second-order valence-electron chi connectivity index (χ2n) is 3.32. The third-order valence-corrected chi connectivity index (χ3v) is 2.14. The molecule has 0 aromatic heterocycles. The van der Waals surface area contributed by atoms with E-state index in [1.165, 1.54) is 0 Å². The third kappa shape index (κ3) is 2.50. The molecule has 0 aliphatic carbocycles. The molecule has 5 nitrogen and oxygen atoms in total. The Morgan fingerprint density at radius 1 is 1.50 bits per heavy atom. The normalized spacial score (nSPS) is 12.5. The summed E-state index contributed by atoms with van der Waals surface area (Å²) in [6, 6.07) is 1.34. The van der Waals surface area contributed by atoms with Crippen LogP contribution in [0.1, 0.15) is 18.4 Å². The Morgan fingerprint density at radius 2 is 2.06 bits per heavy atom. The third-order valence-electron chi connectivity index (χ3n) is 2.14. The van der Waals surface area contributed by atoms with Gasteiger partial charge in [0, 0.05) is 11.5 Å². The first-order chi connectivity index (χ1) is 7.47. The summed E-state index contributed by atoms with van der Waals surface area (Å²) >= 11 is 0. The van der Waals surface area contributed by atoms with Crippen molar-refractivity contribution in [2.45, 2.75) is 12.8 Å². The van der Waals surface area contributed by atoms with Gasteiger partial charge in [-0.3, -0.25) is 10.1 Å². The zero-order valence-corrected chi connectivity index (χ0v) is 8.44. The van der Waals surface area contributed by atoms with Crippen LogP contribution in [-0.4, -0.2) is 11.5 Å². The van der Waals surface area contributed by atoms with E-state index < -0.39 is 28.2 Å². The summed E-state index contributed by atoms with van der Waals surface area (Å²) in [5.74, 6) is 1.94. The molecule has 0 fully saturated rings. The molecule has 0 amide bonds. The molecule has 1 aromatic carbocycles. The molecule has 0 saturated carbocycles. The number of nitrogens with two attached hydrogens (primary N) is 1. The Morgan fingerprint density at radius 3 is 2.56 bits per heavy atom. The Bertz CT molecular complexity index is 412. The fourth-order valence-corrected chi connectivity index (χ4v) is 1.34. The lowest BCUT2D eigenvalue weighted by Crippen LogP contribution is -2.11. The number of benzene rings is 1. The van der Waals surface area contributed by atoms with Gasteiger partial charge in [-0.05, 0) is 6.07 Å². The molecule has 1 atom stereocenters. The Kier molecular flexibility index (Phi) is 3.86. The number of nitrogens with zero attached hydrogens (tertiary/aromatic N) is 1. The first-order valence-electron chi connectivity index (χ1n) is 4.42. The predicted molar refractivity (Wildman–Crippen MR) is 51.6 cm³/mol. The van der Waals surface area contributed by atoms with Gasteiger partial charge in [0.05, 0.1) is 17.6 Å². The van der Waals surface area contributed by atoms with Crippen molar-refractivity contribution in [1.82, 2.24) is 0 Å². The highest BCUT2D eigenvalue weighted by Gasteiger charge is 2.22. The Labute approximate surface area is 89.9 Å². The van der Waals surface area contributed by atoms with Gasteiger partial charge in [0.2, 0.25) is 0 Å². The molecule has 0 saturated heterocycles. The van der Waals surface area contributed by atoms with Crippen LogP contribution in [0.15, 0.2) is 12.1 Å². The fraction of sp³-hybridized carbons (Fsp3) is 0.333. The van der Waals surface area contributed by atoms with Crippen molar-refractivity contribution in [3.05, 3.63) is 39.4 Å². The van der Waals surface area contributed by atoms with Gasteiger partial charge in [0.1, 0.15) is 0 Å². The highest BCUT2D eigenvalue weighted by molar-refractivity contribution is 5.43. The van der Waals surface area contributed by atoms with Crippen LogP contribution in [0, 0.1) is 21.7 Å². The lowest BCUT2D eigenvalue weighted by Gasteiger charge is -2.10. The first-order valence-corrected chi connectivity index (χ1v) is 4.42. The molecule has 1 unspecified atom stereocenters. The van der Waals surface area contributed by atoms with E-state index in [-0.39, 0.29) is 12.2 Å². The lowest BCUT2D eigenvalue weighted by atomic mass is 10.00.